The van der Waals surface area contributed by atoms with Crippen molar-refractivity contribution in [2.24, 2.45) is 0 Å². The highest BCUT2D eigenvalue weighted by molar-refractivity contribution is 5.90. The van der Waals surface area contributed by atoms with E-state index >= 15 is 0 Å². The minimum Gasteiger partial charge on any atom is -0.494 e. The van der Waals surface area contributed by atoms with Crippen molar-refractivity contribution in [1.29, 1.82) is 0 Å². The number of hydrogen-bond donors (Lipinski definition) is 3. The topological polar surface area (TPSA) is 79.8 Å². The van der Waals surface area contributed by atoms with Crippen molar-refractivity contribution in [3.63, 3.8) is 0 Å². The van der Waals surface area contributed by atoms with E-state index in [1.165, 1.54) is 11.1 Å². The van der Waals surface area contributed by atoms with Crippen LogP contribution in [0.3, 0.4) is 0 Å². The van der Waals surface area contributed by atoms with Crippen molar-refractivity contribution >= 4 is 11.7 Å². The molecule has 154 valence electrons. The molecule has 2 aromatic rings. The molecule has 3 N–H and O–H groups in total. The fraction of sp³-hybridized carbons (Fsp3) is 0.435. The van der Waals surface area contributed by atoms with Gasteiger partial charge in [-0.2, -0.15) is 0 Å². The second-order valence-corrected chi connectivity index (χ2v) is 7.66. The number of aryl methyl sites for hydroxylation is 2. The van der Waals surface area contributed by atoms with Crippen LogP contribution < -0.4 is 20.1 Å². The van der Waals surface area contributed by atoms with Crippen molar-refractivity contribution in [2.45, 2.75) is 51.2 Å². The molecule has 0 bridgehead atoms. The van der Waals surface area contributed by atoms with Gasteiger partial charge in [-0.1, -0.05) is 18.2 Å². The Kier molecular flexibility index (Phi) is 5.90. The molecule has 29 heavy (non-hydrogen) atoms. The lowest BCUT2D eigenvalue weighted by Crippen LogP contribution is -2.39. The quantitative estimate of drug-likeness (QED) is 0.723. The second kappa shape index (κ2) is 8.74. The fourth-order valence-electron chi connectivity index (χ4n) is 4.07. The molecule has 2 atom stereocenters. The molecule has 0 saturated heterocycles. The summed E-state index contributed by atoms with van der Waals surface area (Å²) >= 11 is 0. The minimum atomic E-state index is -0.342. The Morgan fingerprint density at radius 3 is 2.93 bits per heavy atom. The van der Waals surface area contributed by atoms with E-state index in [4.69, 9.17) is 9.47 Å². The number of carbonyl (C=O) groups excluding carboxylic acids is 1. The zero-order chi connectivity index (χ0) is 20.2. The number of aliphatic hydroxyl groups is 1. The van der Waals surface area contributed by atoms with Gasteiger partial charge in [-0.05, 0) is 61.4 Å². The third kappa shape index (κ3) is 4.65. The van der Waals surface area contributed by atoms with Gasteiger partial charge in [0.1, 0.15) is 17.6 Å². The summed E-state index contributed by atoms with van der Waals surface area (Å²) in [6.45, 7) is 3.00. The zero-order valence-corrected chi connectivity index (χ0v) is 16.7. The van der Waals surface area contributed by atoms with Crippen LogP contribution in [0.4, 0.5) is 10.5 Å². The number of aliphatic hydroxyl groups excluding tert-OH is 1. The first-order valence-corrected chi connectivity index (χ1v) is 10.4. The molecule has 0 aromatic heterocycles. The Morgan fingerprint density at radius 2 is 2.07 bits per heavy atom. The molecule has 0 fully saturated rings. The van der Waals surface area contributed by atoms with Crippen LogP contribution in [-0.2, 0) is 19.3 Å². The zero-order valence-electron chi connectivity index (χ0n) is 16.7. The molecule has 1 aliphatic carbocycles. The van der Waals surface area contributed by atoms with E-state index in [0.29, 0.717) is 19.6 Å². The van der Waals surface area contributed by atoms with E-state index in [-0.39, 0.29) is 18.2 Å². The van der Waals surface area contributed by atoms with Crippen molar-refractivity contribution < 1.29 is 19.4 Å². The van der Waals surface area contributed by atoms with Crippen molar-refractivity contribution in [3.8, 4) is 11.5 Å². The summed E-state index contributed by atoms with van der Waals surface area (Å²) in [6.07, 6.45) is 3.55. The van der Waals surface area contributed by atoms with E-state index < -0.39 is 0 Å². The van der Waals surface area contributed by atoms with Crippen LogP contribution in [0.15, 0.2) is 36.4 Å². The first-order valence-electron chi connectivity index (χ1n) is 10.4. The summed E-state index contributed by atoms with van der Waals surface area (Å²) in [4.78, 5) is 12.4. The van der Waals surface area contributed by atoms with E-state index in [2.05, 4.69) is 16.7 Å². The highest BCUT2D eigenvalue weighted by atomic mass is 16.5. The van der Waals surface area contributed by atoms with Gasteiger partial charge in [-0.25, -0.2) is 4.79 Å². The van der Waals surface area contributed by atoms with Crippen molar-refractivity contribution in [2.75, 3.05) is 18.5 Å². The highest BCUT2D eigenvalue weighted by Crippen LogP contribution is 2.31. The number of ether oxygens (including phenoxy) is 2. The fourth-order valence-corrected chi connectivity index (χ4v) is 4.07. The van der Waals surface area contributed by atoms with Gasteiger partial charge in [0, 0.05) is 18.2 Å². The molecule has 1 aliphatic heterocycles. The Hall–Kier alpha value is -2.73. The largest absolute Gasteiger partial charge is 0.494 e. The lowest BCUT2D eigenvalue weighted by molar-refractivity contribution is 0.159. The standard InChI is InChI=1S/C23H28N2O4/c1-2-28-18-10-7-16-8-11-19(29-22(16)13-18)14-24-23(27)25-21-5-3-4-15-6-9-17(26)12-20(15)21/h3-5,7,10,13,17,19,26H,2,6,8-9,11-12,14H2,1H3,(H2,24,25,27). The third-order valence-electron chi connectivity index (χ3n) is 5.58. The Labute approximate surface area is 171 Å². The first kappa shape index (κ1) is 19.6. The van der Waals surface area contributed by atoms with Crippen LogP contribution in [0, 0.1) is 0 Å². The number of rotatable bonds is 5. The molecule has 2 amide bonds. The minimum absolute atomic E-state index is 0.0726. The van der Waals surface area contributed by atoms with Gasteiger partial charge in [0.2, 0.25) is 0 Å². The van der Waals surface area contributed by atoms with Crippen molar-refractivity contribution in [1.82, 2.24) is 5.32 Å². The van der Waals surface area contributed by atoms with E-state index in [0.717, 1.165) is 48.4 Å². The van der Waals surface area contributed by atoms with Crippen LogP contribution in [0.1, 0.15) is 36.5 Å². The number of benzene rings is 2. The molecule has 1 heterocycles. The summed E-state index contributed by atoms with van der Waals surface area (Å²) in [7, 11) is 0. The molecule has 6 nitrogen and oxygen atoms in total. The summed E-state index contributed by atoms with van der Waals surface area (Å²) in [5, 5.41) is 15.8. The SMILES string of the molecule is CCOc1ccc2c(c1)OC(CNC(=O)Nc1cccc3c1CC(O)CC3)CC2. The number of urea groups is 1. The number of amides is 2. The molecule has 0 saturated carbocycles. The molecular formula is C23H28N2O4. The molecule has 6 heteroatoms. The van der Waals surface area contributed by atoms with E-state index in [9.17, 15) is 9.90 Å². The predicted octanol–water partition coefficient (Wildman–Crippen LogP) is 3.45. The molecule has 2 unspecified atom stereocenters. The second-order valence-electron chi connectivity index (χ2n) is 7.66. The van der Waals surface area contributed by atoms with E-state index in [1.807, 2.05) is 37.3 Å². The predicted molar refractivity (Wildman–Crippen MR) is 112 cm³/mol. The van der Waals surface area contributed by atoms with E-state index in [1.54, 1.807) is 0 Å². The summed E-state index contributed by atoms with van der Waals surface area (Å²) in [6, 6.07) is 11.6. The van der Waals surface area contributed by atoms with Crippen LogP contribution in [0.5, 0.6) is 11.5 Å². The summed E-state index contributed by atoms with van der Waals surface area (Å²) < 4.78 is 11.6. The summed E-state index contributed by atoms with van der Waals surface area (Å²) in [5.41, 5.74) is 4.18. The van der Waals surface area contributed by atoms with Crippen LogP contribution in [0.25, 0.3) is 0 Å². The Bertz CT molecular complexity index is 883. The molecule has 2 aromatic carbocycles. The van der Waals surface area contributed by atoms with Gasteiger partial charge >= 0.3 is 6.03 Å². The number of fused-ring (bicyclic) bond motifs is 2. The Morgan fingerprint density at radius 1 is 1.21 bits per heavy atom. The van der Waals surface area contributed by atoms with Crippen LogP contribution in [0.2, 0.25) is 0 Å². The maximum Gasteiger partial charge on any atom is 0.319 e. The lowest BCUT2D eigenvalue weighted by atomic mass is 9.88. The van der Waals surface area contributed by atoms with Gasteiger partial charge in [0.05, 0.1) is 19.3 Å². The Balaban J connectivity index is 1.33. The van der Waals surface area contributed by atoms with Gasteiger partial charge in [-0.3, -0.25) is 0 Å². The normalized spacial score (nSPS) is 20.1. The average Bonchev–Trinajstić information content (AvgIpc) is 2.72. The maximum absolute atomic E-state index is 12.4. The molecule has 2 aliphatic rings. The van der Waals surface area contributed by atoms with Gasteiger partial charge in [-0.15, -0.1) is 0 Å². The van der Waals surface area contributed by atoms with Gasteiger partial charge in [0.15, 0.2) is 0 Å². The smallest absolute Gasteiger partial charge is 0.319 e. The van der Waals surface area contributed by atoms with Crippen molar-refractivity contribution in [3.05, 3.63) is 53.1 Å². The van der Waals surface area contributed by atoms with Crippen LogP contribution >= 0.6 is 0 Å². The highest BCUT2D eigenvalue weighted by Gasteiger charge is 2.22. The number of hydrogen-bond acceptors (Lipinski definition) is 4. The number of carbonyl (C=O) groups is 1. The maximum atomic E-state index is 12.4. The van der Waals surface area contributed by atoms with Gasteiger partial charge in [0.25, 0.3) is 0 Å². The molecule has 4 rings (SSSR count). The third-order valence-corrected chi connectivity index (χ3v) is 5.58. The first-order chi connectivity index (χ1) is 14.1. The number of nitrogens with one attached hydrogen (secondary N) is 2. The molecule has 0 spiro atoms. The monoisotopic (exact) mass is 396 g/mol. The lowest BCUT2D eigenvalue weighted by Gasteiger charge is -2.27. The van der Waals surface area contributed by atoms with Gasteiger partial charge < -0.3 is 25.2 Å². The molecular weight excluding hydrogens is 368 g/mol. The summed E-state index contributed by atoms with van der Waals surface area (Å²) in [5.74, 6) is 1.63. The average molecular weight is 396 g/mol. The molecule has 0 radical (unpaired) electrons. The van der Waals surface area contributed by atoms with Crippen LogP contribution in [-0.4, -0.2) is 36.5 Å². The number of anilines is 1.